The molecule has 1 aromatic carbocycles. The molecule has 1 aliphatic carbocycles. The van der Waals surface area contributed by atoms with Crippen LogP contribution in [0.3, 0.4) is 0 Å². The van der Waals surface area contributed by atoms with Crippen LogP contribution in [0.25, 0.3) is 0 Å². The average molecular weight is 396 g/mol. The summed E-state index contributed by atoms with van der Waals surface area (Å²) >= 11 is 0. The molecule has 154 valence electrons. The summed E-state index contributed by atoms with van der Waals surface area (Å²) in [6, 6.07) is 5.89. The van der Waals surface area contributed by atoms with Crippen LogP contribution in [-0.2, 0) is 4.79 Å². The predicted octanol–water partition coefficient (Wildman–Crippen LogP) is 4.96. The number of aryl methyl sites for hydroxylation is 1. The Morgan fingerprint density at radius 3 is 2.66 bits per heavy atom. The van der Waals surface area contributed by atoms with Gasteiger partial charge in [-0.1, -0.05) is 25.1 Å². The van der Waals surface area contributed by atoms with Crippen molar-refractivity contribution in [3.8, 4) is 11.5 Å². The highest BCUT2D eigenvalue weighted by Crippen LogP contribution is 2.49. The molecule has 0 saturated carbocycles. The van der Waals surface area contributed by atoms with E-state index < -0.39 is 0 Å². The number of carbonyl (C=O) groups is 1. The lowest BCUT2D eigenvalue weighted by molar-refractivity contribution is -0.116. The highest BCUT2D eigenvalue weighted by Gasteiger charge is 2.40. The number of benzene rings is 1. The van der Waals surface area contributed by atoms with Crippen LogP contribution in [0.2, 0.25) is 0 Å². The molecule has 2 atom stereocenters. The number of ether oxygens (including phenoxy) is 2. The van der Waals surface area contributed by atoms with Crippen molar-refractivity contribution < 1.29 is 18.8 Å². The van der Waals surface area contributed by atoms with E-state index in [0.717, 1.165) is 40.9 Å². The van der Waals surface area contributed by atoms with Crippen molar-refractivity contribution in [2.45, 2.75) is 51.9 Å². The van der Waals surface area contributed by atoms with Gasteiger partial charge in [0.05, 0.1) is 19.9 Å². The topological polar surface area (TPSA) is 73.6 Å². The van der Waals surface area contributed by atoms with E-state index in [1.807, 2.05) is 25.1 Å². The zero-order valence-electron chi connectivity index (χ0n) is 17.7. The first kappa shape index (κ1) is 19.6. The summed E-state index contributed by atoms with van der Waals surface area (Å²) in [5.74, 6) is 2.85. The molecule has 4 rings (SSSR count). The Hall–Kier alpha value is -2.76. The number of methoxy groups -OCH3 is 2. The van der Waals surface area contributed by atoms with Gasteiger partial charge in [-0.25, -0.2) is 0 Å². The van der Waals surface area contributed by atoms with Crippen molar-refractivity contribution in [1.29, 1.82) is 0 Å². The predicted molar refractivity (Wildman–Crippen MR) is 111 cm³/mol. The standard InChI is InChI=1S/C23H28N2O4/c1-12(2)8-16-21-13(3)25-29-23(21)24-17-9-15(10-18(26)22(16)17)14-6-7-19(27-4)20(11-14)28-5/h6-7,11-12,15-16,24H,8-10H2,1-5H3/t15-,16-/m0/s1. The molecule has 0 amide bonds. The summed E-state index contributed by atoms with van der Waals surface area (Å²) < 4.78 is 16.3. The van der Waals surface area contributed by atoms with Crippen LogP contribution >= 0.6 is 0 Å². The molecule has 0 unspecified atom stereocenters. The number of aromatic nitrogens is 1. The van der Waals surface area contributed by atoms with Crippen molar-refractivity contribution in [1.82, 2.24) is 5.16 Å². The van der Waals surface area contributed by atoms with Gasteiger partial charge in [-0.15, -0.1) is 0 Å². The molecule has 2 aromatic rings. The average Bonchev–Trinajstić information content (AvgIpc) is 3.07. The smallest absolute Gasteiger partial charge is 0.232 e. The van der Waals surface area contributed by atoms with Crippen LogP contribution in [0.1, 0.15) is 61.8 Å². The fourth-order valence-corrected chi connectivity index (χ4v) is 4.66. The largest absolute Gasteiger partial charge is 0.493 e. The first-order valence-electron chi connectivity index (χ1n) is 10.1. The monoisotopic (exact) mass is 396 g/mol. The van der Waals surface area contributed by atoms with E-state index in [1.54, 1.807) is 14.2 Å². The lowest BCUT2D eigenvalue weighted by Gasteiger charge is -2.35. The molecule has 2 heterocycles. The second-order valence-electron chi connectivity index (χ2n) is 8.35. The first-order valence-corrected chi connectivity index (χ1v) is 10.1. The number of nitrogens with one attached hydrogen (secondary N) is 1. The molecule has 1 N–H and O–H groups in total. The summed E-state index contributed by atoms with van der Waals surface area (Å²) in [6.45, 7) is 6.32. The maximum absolute atomic E-state index is 13.3. The van der Waals surface area contributed by atoms with E-state index in [0.29, 0.717) is 29.7 Å². The molecule has 0 saturated heterocycles. The van der Waals surface area contributed by atoms with E-state index in [9.17, 15) is 4.79 Å². The van der Waals surface area contributed by atoms with Crippen LogP contribution < -0.4 is 14.8 Å². The van der Waals surface area contributed by atoms with Crippen LogP contribution in [-0.4, -0.2) is 25.2 Å². The number of nitrogens with zero attached hydrogens (tertiary/aromatic N) is 1. The molecule has 1 aromatic heterocycles. The molecule has 6 nitrogen and oxygen atoms in total. The van der Waals surface area contributed by atoms with Crippen LogP contribution in [0.15, 0.2) is 34.0 Å². The van der Waals surface area contributed by atoms with Crippen LogP contribution in [0, 0.1) is 12.8 Å². The number of anilines is 1. The number of carbonyl (C=O) groups excluding carboxylic acids is 1. The highest BCUT2D eigenvalue weighted by molar-refractivity contribution is 6.00. The Balaban J connectivity index is 1.70. The summed E-state index contributed by atoms with van der Waals surface area (Å²) in [7, 11) is 3.25. The zero-order chi connectivity index (χ0) is 20.7. The highest BCUT2D eigenvalue weighted by atomic mass is 16.5. The van der Waals surface area contributed by atoms with Gasteiger partial charge in [0.15, 0.2) is 17.3 Å². The maximum atomic E-state index is 13.3. The Bertz CT molecular complexity index is 973. The van der Waals surface area contributed by atoms with Gasteiger partial charge in [-0.05, 0) is 49.3 Å². The maximum Gasteiger partial charge on any atom is 0.232 e. The summed E-state index contributed by atoms with van der Waals surface area (Å²) in [6.07, 6.45) is 2.15. The Kier molecular flexibility index (Phi) is 5.11. The third-order valence-corrected chi connectivity index (χ3v) is 5.96. The van der Waals surface area contributed by atoms with Crippen molar-refractivity contribution in [3.63, 3.8) is 0 Å². The van der Waals surface area contributed by atoms with Gasteiger partial charge >= 0.3 is 0 Å². The molecule has 29 heavy (non-hydrogen) atoms. The number of fused-ring (bicyclic) bond motifs is 1. The van der Waals surface area contributed by atoms with E-state index in [2.05, 4.69) is 24.3 Å². The quantitative estimate of drug-likeness (QED) is 0.770. The Morgan fingerprint density at radius 1 is 1.21 bits per heavy atom. The third kappa shape index (κ3) is 3.41. The van der Waals surface area contributed by atoms with Crippen molar-refractivity contribution in [2.24, 2.45) is 5.92 Å². The lowest BCUT2D eigenvalue weighted by Crippen LogP contribution is -2.29. The van der Waals surface area contributed by atoms with E-state index in [1.165, 1.54) is 0 Å². The number of ketones is 1. The number of hydrogen-bond acceptors (Lipinski definition) is 6. The van der Waals surface area contributed by atoms with E-state index in [4.69, 9.17) is 14.0 Å². The Labute approximate surface area is 171 Å². The van der Waals surface area contributed by atoms with Gasteiger partial charge in [0.1, 0.15) is 0 Å². The van der Waals surface area contributed by atoms with Crippen molar-refractivity contribution >= 4 is 11.7 Å². The van der Waals surface area contributed by atoms with Gasteiger partial charge in [-0.3, -0.25) is 4.79 Å². The fraction of sp³-hybridized carbons (Fsp3) is 0.478. The van der Waals surface area contributed by atoms with Gasteiger partial charge in [0.25, 0.3) is 0 Å². The van der Waals surface area contributed by atoms with Crippen LogP contribution in [0.4, 0.5) is 5.88 Å². The molecule has 6 heteroatoms. The van der Waals surface area contributed by atoms with Gasteiger partial charge < -0.3 is 19.3 Å². The molecule has 2 aliphatic rings. The lowest BCUT2D eigenvalue weighted by atomic mass is 9.72. The van der Waals surface area contributed by atoms with Gasteiger partial charge in [-0.2, -0.15) is 0 Å². The van der Waals surface area contributed by atoms with E-state index >= 15 is 0 Å². The first-order chi connectivity index (χ1) is 13.9. The summed E-state index contributed by atoms with van der Waals surface area (Å²) in [4.78, 5) is 13.3. The minimum absolute atomic E-state index is 0.0475. The van der Waals surface area contributed by atoms with E-state index in [-0.39, 0.29) is 17.6 Å². The summed E-state index contributed by atoms with van der Waals surface area (Å²) in [5, 5.41) is 7.53. The van der Waals surface area contributed by atoms with Crippen molar-refractivity contribution in [2.75, 3.05) is 19.5 Å². The second kappa shape index (κ2) is 7.58. The number of Topliss-reactive ketones (excluding diaryl/α,β-unsaturated/α-hetero) is 1. The fourth-order valence-electron chi connectivity index (χ4n) is 4.66. The minimum Gasteiger partial charge on any atom is -0.493 e. The van der Waals surface area contributed by atoms with Crippen molar-refractivity contribution in [3.05, 3.63) is 46.3 Å². The number of hydrogen-bond donors (Lipinski definition) is 1. The third-order valence-electron chi connectivity index (χ3n) is 5.96. The number of rotatable bonds is 5. The normalized spacial score (nSPS) is 21.0. The molecule has 0 bridgehead atoms. The molecule has 0 spiro atoms. The zero-order valence-corrected chi connectivity index (χ0v) is 17.7. The molecular weight excluding hydrogens is 368 g/mol. The molecule has 0 radical (unpaired) electrons. The second-order valence-corrected chi connectivity index (χ2v) is 8.35. The van der Waals surface area contributed by atoms with Gasteiger partial charge in [0.2, 0.25) is 5.88 Å². The molecular formula is C23H28N2O4. The minimum atomic E-state index is 0.0475. The SMILES string of the molecule is COc1ccc([C@@H]2CC(=O)C3=C(C2)Nc2onc(C)c2[C@@H]3CC(C)C)cc1OC. The number of allylic oxidation sites excluding steroid dienone is 2. The molecule has 0 fully saturated rings. The van der Waals surface area contributed by atoms with Crippen LogP contribution in [0.5, 0.6) is 11.5 Å². The Morgan fingerprint density at radius 2 is 1.97 bits per heavy atom. The van der Waals surface area contributed by atoms with Gasteiger partial charge in [0, 0.05) is 29.2 Å². The summed E-state index contributed by atoms with van der Waals surface area (Å²) in [5.41, 5.74) is 4.85. The molecule has 1 aliphatic heterocycles.